The Bertz CT molecular complexity index is 965. The van der Waals surface area contributed by atoms with E-state index >= 15 is 0 Å². The van der Waals surface area contributed by atoms with Crippen molar-refractivity contribution in [3.8, 4) is 0 Å². The van der Waals surface area contributed by atoms with E-state index in [0.717, 1.165) is 34.3 Å². The molecule has 0 fully saturated rings. The van der Waals surface area contributed by atoms with Crippen LogP contribution in [0.2, 0.25) is 0 Å². The molecule has 0 aliphatic rings. The number of benzene rings is 2. The van der Waals surface area contributed by atoms with E-state index in [1.807, 2.05) is 62.4 Å². The van der Waals surface area contributed by atoms with Gasteiger partial charge in [0, 0.05) is 36.5 Å². The Hall–Kier alpha value is -3.01. The molecule has 0 bridgehead atoms. The van der Waals surface area contributed by atoms with Gasteiger partial charge in [-0.15, -0.1) is 0 Å². The largest absolute Gasteiger partial charge is 0.354 e. The Morgan fingerprint density at radius 1 is 1.04 bits per heavy atom. The number of Topliss-reactive ketones (excluding diaryl/α,β-unsaturated/α-hetero) is 2. The van der Waals surface area contributed by atoms with Crippen molar-refractivity contribution < 1.29 is 9.59 Å². The number of rotatable bonds is 8. The number of aromatic nitrogens is 1. The van der Waals surface area contributed by atoms with Crippen LogP contribution in [0.15, 0.2) is 54.7 Å². The average Bonchev–Trinajstić information content (AvgIpc) is 2.68. The van der Waals surface area contributed by atoms with E-state index in [4.69, 9.17) is 0 Å². The maximum atomic E-state index is 12.5. The summed E-state index contributed by atoms with van der Waals surface area (Å²) >= 11 is 0. The molecule has 1 N–H and O–H groups in total. The van der Waals surface area contributed by atoms with E-state index in [1.165, 1.54) is 0 Å². The van der Waals surface area contributed by atoms with Crippen molar-refractivity contribution in [2.75, 3.05) is 5.32 Å². The van der Waals surface area contributed by atoms with Gasteiger partial charge in [-0.1, -0.05) is 38.1 Å². The van der Waals surface area contributed by atoms with Crippen LogP contribution in [0.4, 0.5) is 11.4 Å². The Morgan fingerprint density at radius 2 is 1.81 bits per heavy atom. The number of ketones is 2. The molecule has 0 saturated carbocycles. The van der Waals surface area contributed by atoms with Gasteiger partial charge in [-0.05, 0) is 36.2 Å². The molecule has 0 unspecified atom stereocenters. The molecular formula is C23H24N2O2. The molecule has 27 heavy (non-hydrogen) atoms. The summed E-state index contributed by atoms with van der Waals surface area (Å²) in [6.45, 7) is 3.85. The first-order chi connectivity index (χ1) is 13.1. The molecule has 3 rings (SSSR count). The highest BCUT2D eigenvalue weighted by atomic mass is 16.1. The highest BCUT2D eigenvalue weighted by Gasteiger charge is 2.15. The van der Waals surface area contributed by atoms with Crippen molar-refractivity contribution in [1.82, 2.24) is 4.98 Å². The average molecular weight is 360 g/mol. The van der Waals surface area contributed by atoms with Crippen molar-refractivity contribution in [1.29, 1.82) is 0 Å². The van der Waals surface area contributed by atoms with Gasteiger partial charge in [-0.3, -0.25) is 14.6 Å². The van der Waals surface area contributed by atoms with Crippen molar-refractivity contribution in [3.05, 3.63) is 65.9 Å². The number of anilines is 2. The standard InChI is InChI=1S/C23H24N2O2/c1-3-8-18(26)13-16-11-12-21-19(14-16)23(20(15-24-21)22(27)4-2)25-17-9-6-5-7-10-17/h5-7,9-12,14-15H,3-4,8,13H2,1-2H3,(H,24,25). The third-order valence-electron chi connectivity index (χ3n) is 4.53. The molecule has 138 valence electrons. The van der Waals surface area contributed by atoms with Gasteiger partial charge in [0.15, 0.2) is 5.78 Å². The van der Waals surface area contributed by atoms with Crippen molar-refractivity contribution >= 4 is 33.8 Å². The number of hydrogen-bond acceptors (Lipinski definition) is 4. The summed E-state index contributed by atoms with van der Waals surface area (Å²) < 4.78 is 0. The molecular weight excluding hydrogens is 336 g/mol. The van der Waals surface area contributed by atoms with Gasteiger partial charge < -0.3 is 5.32 Å². The molecule has 1 aromatic heterocycles. The van der Waals surface area contributed by atoms with Gasteiger partial charge >= 0.3 is 0 Å². The number of nitrogens with one attached hydrogen (secondary N) is 1. The van der Waals surface area contributed by atoms with E-state index in [1.54, 1.807) is 6.20 Å². The van der Waals surface area contributed by atoms with Crippen LogP contribution in [0.3, 0.4) is 0 Å². The Kier molecular flexibility index (Phi) is 5.97. The number of fused-ring (bicyclic) bond motifs is 1. The first-order valence-electron chi connectivity index (χ1n) is 9.41. The fourth-order valence-electron chi connectivity index (χ4n) is 3.15. The molecule has 1 heterocycles. The minimum absolute atomic E-state index is 0.0373. The van der Waals surface area contributed by atoms with Gasteiger partial charge in [-0.25, -0.2) is 0 Å². The van der Waals surface area contributed by atoms with E-state index in [2.05, 4.69) is 10.3 Å². The molecule has 0 atom stereocenters. The molecule has 0 spiro atoms. The summed E-state index contributed by atoms with van der Waals surface area (Å²) in [6, 6.07) is 15.6. The van der Waals surface area contributed by atoms with Crippen molar-refractivity contribution in [2.45, 2.75) is 39.5 Å². The number of carbonyl (C=O) groups is 2. The molecule has 0 radical (unpaired) electrons. The minimum Gasteiger partial charge on any atom is -0.354 e. The van der Waals surface area contributed by atoms with Crippen LogP contribution in [-0.4, -0.2) is 16.6 Å². The predicted molar refractivity (Wildman–Crippen MR) is 110 cm³/mol. The lowest BCUT2D eigenvalue weighted by Crippen LogP contribution is -2.06. The summed E-state index contributed by atoms with van der Waals surface area (Å²) in [5.41, 5.74) is 3.98. The molecule has 2 aromatic carbocycles. The lowest BCUT2D eigenvalue weighted by Gasteiger charge is -2.15. The quantitative estimate of drug-likeness (QED) is 0.540. The third-order valence-corrected chi connectivity index (χ3v) is 4.53. The summed E-state index contributed by atoms with van der Waals surface area (Å²) in [7, 11) is 0. The van der Waals surface area contributed by atoms with Gasteiger partial charge in [0.05, 0.1) is 16.8 Å². The van der Waals surface area contributed by atoms with E-state index < -0.39 is 0 Å². The van der Waals surface area contributed by atoms with Gasteiger partial charge in [0.2, 0.25) is 0 Å². The predicted octanol–water partition coefficient (Wildman–Crippen LogP) is 5.48. The monoisotopic (exact) mass is 360 g/mol. The summed E-state index contributed by atoms with van der Waals surface area (Å²) in [5, 5.41) is 4.25. The molecule has 4 heteroatoms. The molecule has 0 saturated heterocycles. The van der Waals surface area contributed by atoms with Crippen LogP contribution in [0.1, 0.15) is 49.0 Å². The van der Waals surface area contributed by atoms with E-state index in [0.29, 0.717) is 24.8 Å². The minimum atomic E-state index is 0.0373. The molecule has 3 aromatic rings. The number of pyridine rings is 1. The Balaban J connectivity index is 2.10. The zero-order chi connectivity index (χ0) is 19.2. The van der Waals surface area contributed by atoms with Crippen molar-refractivity contribution in [3.63, 3.8) is 0 Å². The number of carbonyl (C=O) groups excluding carboxylic acids is 2. The molecule has 0 amide bonds. The Labute approximate surface area is 159 Å². The molecule has 0 aliphatic carbocycles. The maximum absolute atomic E-state index is 12.5. The van der Waals surface area contributed by atoms with Gasteiger partial charge in [-0.2, -0.15) is 0 Å². The zero-order valence-corrected chi connectivity index (χ0v) is 15.8. The van der Waals surface area contributed by atoms with Crippen LogP contribution in [0.25, 0.3) is 10.9 Å². The van der Waals surface area contributed by atoms with Gasteiger partial charge in [0.25, 0.3) is 0 Å². The first kappa shape index (κ1) is 18.8. The highest BCUT2D eigenvalue weighted by molar-refractivity contribution is 6.09. The Morgan fingerprint density at radius 3 is 2.52 bits per heavy atom. The summed E-state index contributed by atoms with van der Waals surface area (Å²) in [5.74, 6) is 0.262. The molecule has 0 aliphatic heterocycles. The van der Waals surface area contributed by atoms with Crippen LogP contribution in [0, 0.1) is 0 Å². The van der Waals surface area contributed by atoms with Crippen LogP contribution < -0.4 is 5.32 Å². The van der Waals surface area contributed by atoms with Crippen LogP contribution in [0.5, 0.6) is 0 Å². The summed E-state index contributed by atoms with van der Waals surface area (Å²) in [4.78, 5) is 29.0. The number of nitrogens with zero attached hydrogens (tertiary/aromatic N) is 1. The van der Waals surface area contributed by atoms with Crippen LogP contribution in [-0.2, 0) is 11.2 Å². The van der Waals surface area contributed by atoms with Crippen LogP contribution >= 0.6 is 0 Å². The lowest BCUT2D eigenvalue weighted by molar-refractivity contribution is -0.118. The molecule has 4 nitrogen and oxygen atoms in total. The van der Waals surface area contributed by atoms with E-state index in [9.17, 15) is 9.59 Å². The fraction of sp³-hybridized carbons (Fsp3) is 0.261. The smallest absolute Gasteiger partial charge is 0.166 e. The second-order valence-corrected chi connectivity index (χ2v) is 6.63. The SMILES string of the molecule is CCCC(=O)Cc1ccc2ncc(C(=O)CC)c(Nc3ccccc3)c2c1. The highest BCUT2D eigenvalue weighted by Crippen LogP contribution is 2.31. The van der Waals surface area contributed by atoms with E-state index in [-0.39, 0.29) is 11.6 Å². The third kappa shape index (κ3) is 4.40. The second kappa shape index (κ2) is 8.58. The second-order valence-electron chi connectivity index (χ2n) is 6.63. The first-order valence-corrected chi connectivity index (χ1v) is 9.41. The lowest BCUT2D eigenvalue weighted by atomic mass is 10.00. The maximum Gasteiger partial charge on any atom is 0.166 e. The normalized spacial score (nSPS) is 10.7. The van der Waals surface area contributed by atoms with Crippen molar-refractivity contribution in [2.24, 2.45) is 0 Å². The topological polar surface area (TPSA) is 59.1 Å². The number of para-hydroxylation sites is 1. The fourth-order valence-corrected chi connectivity index (χ4v) is 3.15. The van der Waals surface area contributed by atoms with Gasteiger partial charge in [0.1, 0.15) is 5.78 Å². The summed E-state index contributed by atoms with van der Waals surface area (Å²) in [6.07, 6.45) is 3.89. The zero-order valence-electron chi connectivity index (χ0n) is 15.8. The number of hydrogen-bond donors (Lipinski definition) is 1.